The zero-order valence-corrected chi connectivity index (χ0v) is 17.6. The third kappa shape index (κ3) is 3.06. The summed E-state index contributed by atoms with van der Waals surface area (Å²) in [5, 5.41) is 3.41. The number of fused-ring (bicyclic) bond motifs is 2. The highest BCUT2D eigenvalue weighted by Crippen LogP contribution is 2.33. The van der Waals surface area contributed by atoms with E-state index in [9.17, 15) is 9.59 Å². The second-order valence-electron chi connectivity index (χ2n) is 7.17. The number of nitrogens with one attached hydrogen (secondary N) is 1. The molecule has 2 heterocycles. The second kappa shape index (κ2) is 7.07. The molecule has 0 radical (unpaired) electrons. The third-order valence-corrected chi connectivity index (χ3v) is 5.65. The summed E-state index contributed by atoms with van der Waals surface area (Å²) in [6, 6.07) is 20.5. The van der Waals surface area contributed by atoms with E-state index in [1.807, 2.05) is 61.5 Å². The van der Waals surface area contributed by atoms with Gasteiger partial charge < -0.3 is 5.32 Å². The number of aryl methyl sites for hydroxylation is 1. The largest absolute Gasteiger partial charge is 0.321 e. The Morgan fingerprint density at radius 2 is 1.77 bits per heavy atom. The van der Waals surface area contributed by atoms with Crippen molar-refractivity contribution >= 4 is 50.1 Å². The SMILES string of the molecule is Cc1ccc2c(c1)/C(=C/c1nc3ccccc3c(=O)n1-c1ccc(Br)cc1)C(=O)N2. The number of nitrogens with zero attached hydrogens (tertiary/aromatic N) is 2. The van der Waals surface area contributed by atoms with Gasteiger partial charge in [0, 0.05) is 15.7 Å². The lowest BCUT2D eigenvalue weighted by Gasteiger charge is -2.12. The Bertz CT molecular complexity index is 1420. The number of amides is 1. The molecule has 0 fully saturated rings. The number of para-hydroxylation sites is 1. The molecule has 0 spiro atoms. The molecule has 0 bridgehead atoms. The van der Waals surface area contributed by atoms with Crippen LogP contribution in [0.1, 0.15) is 17.0 Å². The average molecular weight is 458 g/mol. The number of aromatic nitrogens is 2. The molecule has 1 N–H and O–H groups in total. The summed E-state index contributed by atoms with van der Waals surface area (Å²) in [5.74, 6) is 0.195. The predicted molar refractivity (Wildman–Crippen MR) is 123 cm³/mol. The first kappa shape index (κ1) is 18.5. The molecule has 5 nitrogen and oxygen atoms in total. The zero-order chi connectivity index (χ0) is 20.8. The molecule has 0 unspecified atom stereocenters. The Balaban J connectivity index is 1.81. The maximum Gasteiger partial charge on any atom is 0.266 e. The molecule has 4 aromatic rings. The van der Waals surface area contributed by atoms with Crippen molar-refractivity contribution in [3.8, 4) is 5.69 Å². The predicted octanol–water partition coefficient (Wildman–Crippen LogP) is 4.95. The minimum absolute atomic E-state index is 0.183. The molecule has 0 aliphatic carbocycles. The zero-order valence-electron chi connectivity index (χ0n) is 16.0. The van der Waals surface area contributed by atoms with Gasteiger partial charge in [-0.05, 0) is 61.5 Å². The second-order valence-corrected chi connectivity index (χ2v) is 8.08. The van der Waals surface area contributed by atoms with Crippen molar-refractivity contribution < 1.29 is 4.79 Å². The molecule has 3 aromatic carbocycles. The van der Waals surface area contributed by atoms with E-state index in [1.54, 1.807) is 22.8 Å². The first-order valence-corrected chi connectivity index (χ1v) is 10.2. The summed E-state index contributed by atoms with van der Waals surface area (Å²) in [5.41, 5.74) is 4.19. The van der Waals surface area contributed by atoms with Crippen molar-refractivity contribution in [1.29, 1.82) is 0 Å². The highest BCUT2D eigenvalue weighted by molar-refractivity contribution is 9.10. The van der Waals surface area contributed by atoms with E-state index in [4.69, 9.17) is 4.98 Å². The number of halogens is 1. The molecule has 5 rings (SSSR count). The molecular formula is C24H16BrN3O2. The Hall–Kier alpha value is -3.51. The maximum absolute atomic E-state index is 13.4. The van der Waals surface area contributed by atoms with Crippen molar-refractivity contribution in [3.05, 3.63) is 98.5 Å². The molecule has 1 aliphatic rings. The van der Waals surface area contributed by atoms with Crippen LogP contribution in [0.5, 0.6) is 0 Å². The van der Waals surface area contributed by atoms with E-state index < -0.39 is 0 Å². The van der Waals surface area contributed by atoms with E-state index in [-0.39, 0.29) is 11.5 Å². The van der Waals surface area contributed by atoms with E-state index >= 15 is 0 Å². The number of hydrogen-bond donors (Lipinski definition) is 1. The topological polar surface area (TPSA) is 64.0 Å². The van der Waals surface area contributed by atoms with Crippen LogP contribution < -0.4 is 10.9 Å². The molecule has 1 aliphatic heterocycles. The van der Waals surface area contributed by atoms with Gasteiger partial charge in [-0.25, -0.2) is 4.98 Å². The van der Waals surface area contributed by atoms with Gasteiger partial charge in [0.15, 0.2) is 0 Å². The number of benzene rings is 3. The molecule has 6 heteroatoms. The minimum Gasteiger partial charge on any atom is -0.321 e. The van der Waals surface area contributed by atoms with E-state index in [1.165, 1.54) is 0 Å². The highest BCUT2D eigenvalue weighted by atomic mass is 79.9. The summed E-state index contributed by atoms with van der Waals surface area (Å²) in [6.45, 7) is 1.98. The normalized spacial score (nSPS) is 14.2. The lowest BCUT2D eigenvalue weighted by molar-refractivity contribution is -0.110. The van der Waals surface area contributed by atoms with Gasteiger partial charge >= 0.3 is 0 Å². The van der Waals surface area contributed by atoms with Crippen molar-refractivity contribution in [2.75, 3.05) is 5.32 Å². The van der Waals surface area contributed by atoms with Crippen molar-refractivity contribution in [3.63, 3.8) is 0 Å². The van der Waals surface area contributed by atoms with E-state index in [0.29, 0.717) is 28.0 Å². The van der Waals surface area contributed by atoms with Gasteiger partial charge in [-0.2, -0.15) is 0 Å². The summed E-state index contributed by atoms with van der Waals surface area (Å²) in [6.07, 6.45) is 1.69. The van der Waals surface area contributed by atoms with Crippen LogP contribution in [0.25, 0.3) is 28.2 Å². The Kier molecular flexibility index (Phi) is 4.37. The molecular weight excluding hydrogens is 442 g/mol. The van der Waals surface area contributed by atoms with Gasteiger partial charge in [0.25, 0.3) is 11.5 Å². The summed E-state index contributed by atoms with van der Waals surface area (Å²) >= 11 is 3.43. The van der Waals surface area contributed by atoms with Crippen LogP contribution in [0.3, 0.4) is 0 Å². The van der Waals surface area contributed by atoms with Gasteiger partial charge in [0.1, 0.15) is 5.82 Å². The highest BCUT2D eigenvalue weighted by Gasteiger charge is 2.25. The van der Waals surface area contributed by atoms with Gasteiger partial charge in [0.05, 0.1) is 22.2 Å². The molecule has 30 heavy (non-hydrogen) atoms. The fraction of sp³-hybridized carbons (Fsp3) is 0.0417. The lowest BCUT2D eigenvalue weighted by atomic mass is 10.0. The summed E-state index contributed by atoms with van der Waals surface area (Å²) in [7, 11) is 0. The number of carbonyl (C=O) groups is 1. The third-order valence-electron chi connectivity index (χ3n) is 5.12. The molecule has 146 valence electrons. The van der Waals surface area contributed by atoms with Crippen LogP contribution in [0.15, 0.2) is 76.0 Å². The maximum atomic E-state index is 13.4. The van der Waals surface area contributed by atoms with Gasteiger partial charge in [-0.3, -0.25) is 14.2 Å². The van der Waals surface area contributed by atoms with Crippen LogP contribution in [0.4, 0.5) is 5.69 Å². The Morgan fingerprint density at radius 1 is 1.00 bits per heavy atom. The van der Waals surface area contributed by atoms with Crippen LogP contribution in [-0.2, 0) is 4.79 Å². The fourth-order valence-electron chi connectivity index (χ4n) is 3.66. The molecule has 0 saturated heterocycles. The lowest BCUT2D eigenvalue weighted by Crippen LogP contribution is -2.22. The number of hydrogen-bond acceptors (Lipinski definition) is 3. The molecule has 0 saturated carbocycles. The fourth-order valence-corrected chi connectivity index (χ4v) is 3.93. The number of anilines is 1. The average Bonchev–Trinajstić information content (AvgIpc) is 3.04. The monoisotopic (exact) mass is 457 g/mol. The molecule has 0 atom stereocenters. The first-order chi connectivity index (χ1) is 14.5. The first-order valence-electron chi connectivity index (χ1n) is 9.43. The van der Waals surface area contributed by atoms with Gasteiger partial charge in [0.2, 0.25) is 0 Å². The standard InChI is InChI=1S/C24H16BrN3O2/c1-14-6-11-21-18(12-14)19(23(29)27-21)13-22-26-20-5-3-2-4-17(20)24(30)28(22)16-9-7-15(25)8-10-16/h2-13H,1H3,(H,27,29)/b19-13-. The van der Waals surface area contributed by atoms with E-state index in [0.717, 1.165) is 21.3 Å². The van der Waals surface area contributed by atoms with Gasteiger partial charge in [-0.15, -0.1) is 0 Å². The van der Waals surface area contributed by atoms with Crippen LogP contribution >= 0.6 is 15.9 Å². The van der Waals surface area contributed by atoms with Crippen molar-refractivity contribution in [2.24, 2.45) is 0 Å². The van der Waals surface area contributed by atoms with Crippen LogP contribution in [0.2, 0.25) is 0 Å². The van der Waals surface area contributed by atoms with Crippen molar-refractivity contribution in [2.45, 2.75) is 6.92 Å². The van der Waals surface area contributed by atoms with Crippen LogP contribution in [0, 0.1) is 6.92 Å². The molecule has 1 amide bonds. The Labute approximate surface area is 180 Å². The Morgan fingerprint density at radius 3 is 2.57 bits per heavy atom. The number of carbonyl (C=O) groups excluding carboxylic acids is 1. The molecule has 1 aromatic heterocycles. The summed E-state index contributed by atoms with van der Waals surface area (Å²) < 4.78 is 2.45. The van der Waals surface area contributed by atoms with Crippen LogP contribution in [-0.4, -0.2) is 15.5 Å². The summed E-state index contributed by atoms with van der Waals surface area (Å²) in [4.78, 5) is 30.8. The number of rotatable bonds is 2. The minimum atomic E-state index is -0.208. The van der Waals surface area contributed by atoms with Gasteiger partial charge in [-0.1, -0.05) is 39.7 Å². The van der Waals surface area contributed by atoms with E-state index in [2.05, 4.69) is 21.2 Å². The smallest absolute Gasteiger partial charge is 0.266 e. The van der Waals surface area contributed by atoms with Crippen molar-refractivity contribution in [1.82, 2.24) is 9.55 Å². The quantitative estimate of drug-likeness (QED) is 0.433.